The Kier molecular flexibility index (Phi) is 1.20. The van der Waals surface area contributed by atoms with Crippen LogP contribution in [-0.2, 0) is 4.79 Å². The maximum atomic E-state index is 10.7. The van der Waals surface area contributed by atoms with Gasteiger partial charge in [0.1, 0.15) is 6.04 Å². The second-order valence-corrected chi connectivity index (χ2v) is 3.45. The predicted octanol–water partition coefficient (Wildman–Crippen LogP) is 0.0883. The Morgan fingerprint density at radius 1 is 1.60 bits per heavy atom. The van der Waals surface area contributed by atoms with E-state index in [1.807, 2.05) is 0 Å². The third-order valence-electron chi connectivity index (χ3n) is 2.35. The van der Waals surface area contributed by atoms with Crippen LogP contribution in [0.5, 0.6) is 0 Å². The van der Waals surface area contributed by atoms with Gasteiger partial charge in [-0.3, -0.25) is 4.79 Å². The lowest BCUT2D eigenvalue weighted by molar-refractivity contribution is -0.121. The second kappa shape index (κ2) is 1.86. The van der Waals surface area contributed by atoms with Gasteiger partial charge in [-0.25, -0.2) is 4.42 Å². The highest BCUT2D eigenvalue weighted by molar-refractivity contribution is 6.15. The minimum Gasteiger partial charge on any atom is -0.368 e. The lowest BCUT2D eigenvalue weighted by Crippen LogP contribution is -2.37. The van der Waals surface area contributed by atoms with Crippen LogP contribution in [0.15, 0.2) is 0 Å². The minimum absolute atomic E-state index is 0.203. The molecule has 0 aromatic rings. The van der Waals surface area contributed by atoms with E-state index in [4.69, 9.17) is 17.5 Å². The van der Waals surface area contributed by atoms with Crippen LogP contribution in [0.25, 0.3) is 0 Å². The number of primary amides is 1. The van der Waals surface area contributed by atoms with Gasteiger partial charge in [0, 0.05) is 6.04 Å². The van der Waals surface area contributed by atoms with Crippen molar-refractivity contribution in [3.05, 3.63) is 0 Å². The Bertz CT molecular complexity index is 185. The van der Waals surface area contributed by atoms with E-state index < -0.39 is 0 Å². The topological polar surface area (TPSA) is 46.3 Å². The molecule has 1 saturated carbocycles. The number of halogens is 1. The van der Waals surface area contributed by atoms with E-state index in [0.717, 1.165) is 12.8 Å². The molecule has 0 bridgehead atoms. The molecule has 1 aliphatic carbocycles. The molecule has 2 rings (SSSR count). The number of carbonyl (C=O) groups is 1. The largest absolute Gasteiger partial charge is 0.368 e. The number of piperidine rings is 1. The number of amides is 1. The Hall–Kier alpha value is -0.280. The molecular formula is C6H9ClN2O. The van der Waals surface area contributed by atoms with Crippen molar-refractivity contribution >= 4 is 17.7 Å². The van der Waals surface area contributed by atoms with Crippen LogP contribution in [0, 0.1) is 5.92 Å². The van der Waals surface area contributed by atoms with Crippen LogP contribution < -0.4 is 5.73 Å². The summed E-state index contributed by atoms with van der Waals surface area (Å²) in [5.74, 6) is 0.359. The van der Waals surface area contributed by atoms with Crippen molar-refractivity contribution in [1.29, 1.82) is 0 Å². The molecule has 0 radical (unpaired) electrons. The summed E-state index contributed by atoms with van der Waals surface area (Å²) < 4.78 is 1.59. The summed E-state index contributed by atoms with van der Waals surface area (Å²) in [7, 11) is 0. The zero-order valence-corrected chi connectivity index (χ0v) is 6.21. The Balaban J connectivity index is 2.07. The predicted molar refractivity (Wildman–Crippen MR) is 37.2 cm³/mol. The number of carbonyl (C=O) groups excluding carboxylic acids is 1. The molecule has 4 heteroatoms. The van der Waals surface area contributed by atoms with E-state index in [0.29, 0.717) is 12.0 Å². The molecule has 0 spiro atoms. The highest BCUT2D eigenvalue weighted by Gasteiger charge is 2.53. The van der Waals surface area contributed by atoms with Crippen molar-refractivity contribution in [3.63, 3.8) is 0 Å². The summed E-state index contributed by atoms with van der Waals surface area (Å²) in [6.45, 7) is 0. The molecular weight excluding hydrogens is 152 g/mol. The number of hydrogen-bond acceptors (Lipinski definition) is 2. The van der Waals surface area contributed by atoms with E-state index in [-0.39, 0.29) is 11.9 Å². The lowest BCUT2D eigenvalue weighted by atomic mass is 10.2. The Labute approximate surface area is 64.2 Å². The first-order valence-electron chi connectivity index (χ1n) is 3.43. The number of hydrogen-bond donors (Lipinski definition) is 1. The first-order valence-corrected chi connectivity index (χ1v) is 3.77. The van der Waals surface area contributed by atoms with Gasteiger partial charge in [0.05, 0.1) is 0 Å². The Morgan fingerprint density at radius 3 is 2.60 bits per heavy atom. The maximum absolute atomic E-state index is 10.7. The molecule has 56 valence electrons. The van der Waals surface area contributed by atoms with Crippen molar-refractivity contribution in [2.24, 2.45) is 11.7 Å². The standard InChI is InChI=1S/C6H9ClN2O/c7-9-4-1-3(4)2-5(9)6(8)10/h3-5H,1-2H2,(H2,8,10)/t3-,4-,5-/m0/s1. The fourth-order valence-electron chi connectivity index (χ4n) is 1.64. The summed E-state index contributed by atoms with van der Waals surface area (Å²) in [5.41, 5.74) is 5.11. The molecule has 0 unspecified atom stereocenters. The number of fused-ring (bicyclic) bond motifs is 1. The summed E-state index contributed by atoms with van der Waals surface area (Å²) >= 11 is 5.80. The summed E-state index contributed by atoms with van der Waals surface area (Å²) in [5, 5.41) is 0. The van der Waals surface area contributed by atoms with Gasteiger partial charge in [0.2, 0.25) is 5.91 Å². The third-order valence-corrected chi connectivity index (χ3v) is 2.84. The van der Waals surface area contributed by atoms with Crippen molar-refractivity contribution in [1.82, 2.24) is 4.42 Å². The van der Waals surface area contributed by atoms with E-state index >= 15 is 0 Å². The monoisotopic (exact) mass is 160 g/mol. The molecule has 10 heavy (non-hydrogen) atoms. The highest BCUT2D eigenvalue weighted by Crippen LogP contribution is 2.48. The van der Waals surface area contributed by atoms with Crippen LogP contribution in [0.3, 0.4) is 0 Å². The van der Waals surface area contributed by atoms with E-state index in [1.54, 1.807) is 4.42 Å². The van der Waals surface area contributed by atoms with E-state index in [2.05, 4.69) is 0 Å². The summed E-state index contributed by atoms with van der Waals surface area (Å²) in [4.78, 5) is 10.7. The van der Waals surface area contributed by atoms with Gasteiger partial charge in [-0.2, -0.15) is 0 Å². The first kappa shape index (κ1) is 6.43. The molecule has 1 saturated heterocycles. The van der Waals surface area contributed by atoms with Crippen molar-refractivity contribution in [2.45, 2.75) is 24.9 Å². The van der Waals surface area contributed by atoms with Gasteiger partial charge in [-0.05, 0) is 30.5 Å². The average Bonchev–Trinajstić information content (AvgIpc) is 2.54. The fourth-order valence-corrected chi connectivity index (χ4v) is 2.06. The number of nitrogens with two attached hydrogens (primary N) is 1. The minimum atomic E-state index is -0.290. The maximum Gasteiger partial charge on any atom is 0.236 e. The van der Waals surface area contributed by atoms with Crippen LogP contribution >= 0.6 is 11.8 Å². The summed E-state index contributed by atoms with van der Waals surface area (Å²) in [6, 6.07) is 0.240. The van der Waals surface area contributed by atoms with Crippen LogP contribution in [0.4, 0.5) is 0 Å². The zero-order chi connectivity index (χ0) is 7.30. The SMILES string of the molecule is NC(=O)[C@@H]1C[C@@H]2C[C@@H]2N1Cl. The number of rotatable bonds is 1. The van der Waals surface area contributed by atoms with Crippen molar-refractivity contribution in [2.75, 3.05) is 0 Å². The van der Waals surface area contributed by atoms with Gasteiger partial charge in [-0.15, -0.1) is 0 Å². The normalized spacial score (nSPS) is 45.1. The van der Waals surface area contributed by atoms with Gasteiger partial charge in [0.25, 0.3) is 0 Å². The van der Waals surface area contributed by atoms with E-state index in [1.165, 1.54) is 0 Å². The van der Waals surface area contributed by atoms with Crippen LogP contribution in [-0.4, -0.2) is 22.4 Å². The molecule has 2 aliphatic rings. The lowest BCUT2D eigenvalue weighted by Gasteiger charge is -2.15. The molecule has 3 atom stereocenters. The molecule has 1 aliphatic heterocycles. The number of nitrogens with zero attached hydrogens (tertiary/aromatic N) is 1. The van der Waals surface area contributed by atoms with E-state index in [9.17, 15) is 4.79 Å². The van der Waals surface area contributed by atoms with Gasteiger partial charge in [-0.1, -0.05) is 0 Å². The molecule has 3 nitrogen and oxygen atoms in total. The van der Waals surface area contributed by atoms with Gasteiger partial charge in [0.15, 0.2) is 0 Å². The van der Waals surface area contributed by atoms with Crippen molar-refractivity contribution in [3.8, 4) is 0 Å². The molecule has 2 N–H and O–H groups in total. The molecule has 1 heterocycles. The van der Waals surface area contributed by atoms with Crippen molar-refractivity contribution < 1.29 is 4.79 Å². The van der Waals surface area contributed by atoms with Gasteiger partial charge < -0.3 is 5.73 Å². The smallest absolute Gasteiger partial charge is 0.236 e. The first-order chi connectivity index (χ1) is 4.70. The molecule has 0 aromatic carbocycles. The van der Waals surface area contributed by atoms with Crippen LogP contribution in [0.2, 0.25) is 0 Å². The second-order valence-electron chi connectivity index (χ2n) is 3.06. The molecule has 0 aromatic heterocycles. The summed E-state index contributed by atoms with van der Waals surface area (Å²) in [6.07, 6.45) is 2.01. The third kappa shape index (κ3) is 0.739. The zero-order valence-electron chi connectivity index (χ0n) is 5.46. The molecule has 1 amide bonds. The Morgan fingerprint density at radius 2 is 2.30 bits per heavy atom. The fraction of sp³-hybridized carbons (Fsp3) is 0.833. The van der Waals surface area contributed by atoms with Gasteiger partial charge >= 0.3 is 0 Å². The molecule has 2 fully saturated rings. The average molecular weight is 161 g/mol. The quantitative estimate of drug-likeness (QED) is 0.553. The highest BCUT2D eigenvalue weighted by atomic mass is 35.5. The van der Waals surface area contributed by atoms with Crippen LogP contribution in [0.1, 0.15) is 12.8 Å².